The molecule has 104 valence electrons. The van der Waals surface area contributed by atoms with Crippen molar-refractivity contribution in [1.29, 1.82) is 0 Å². The molecule has 0 saturated carbocycles. The minimum atomic E-state index is -1.48. The van der Waals surface area contributed by atoms with Gasteiger partial charge in [-0.25, -0.2) is 8.78 Å². The topological polar surface area (TPSA) is 43.4 Å². The number of hydrogen-bond acceptors (Lipinski definition) is 3. The highest BCUT2D eigenvalue weighted by Crippen LogP contribution is 2.20. The van der Waals surface area contributed by atoms with Crippen LogP contribution in [0.1, 0.15) is 23.7 Å². The molecule has 3 nitrogen and oxygen atoms in total. The Morgan fingerprint density at radius 1 is 1.42 bits per heavy atom. The van der Waals surface area contributed by atoms with E-state index in [9.17, 15) is 17.8 Å². The Bertz CT molecular complexity index is 498. The summed E-state index contributed by atoms with van der Waals surface area (Å²) in [5, 5.41) is -0.251. The molecule has 1 saturated heterocycles. The number of halogens is 2. The van der Waals surface area contributed by atoms with Crippen molar-refractivity contribution in [1.82, 2.24) is 0 Å². The fraction of sp³-hybridized carbons (Fsp3) is 0.462. The summed E-state index contributed by atoms with van der Waals surface area (Å²) in [5.74, 6) is -2.99. The van der Waals surface area contributed by atoms with Crippen LogP contribution >= 0.6 is 0 Å². The van der Waals surface area contributed by atoms with Crippen molar-refractivity contribution in [3.8, 4) is 0 Å². The first kappa shape index (κ1) is 14.3. The molecule has 1 heterocycles. The monoisotopic (exact) mass is 288 g/mol. The lowest BCUT2D eigenvalue weighted by molar-refractivity contribution is 0.101. The van der Waals surface area contributed by atoms with Crippen molar-refractivity contribution >= 4 is 16.6 Å². The standard InChI is InChI=1S/C13H14F2O3S/c1-8-12(5-6-18-8)19(17)7-11(16)13-9(14)3-2-4-10(13)15/h2-4,8,12H,5-7H2,1H3. The fourth-order valence-corrected chi connectivity index (χ4v) is 3.61. The van der Waals surface area contributed by atoms with Crippen molar-refractivity contribution < 1.29 is 22.5 Å². The molecule has 3 atom stereocenters. The number of rotatable bonds is 4. The van der Waals surface area contributed by atoms with Gasteiger partial charge in [-0.2, -0.15) is 0 Å². The van der Waals surface area contributed by atoms with Gasteiger partial charge in [-0.15, -0.1) is 0 Å². The van der Waals surface area contributed by atoms with Gasteiger partial charge in [0, 0.05) is 17.4 Å². The molecule has 1 aliphatic rings. The number of carbonyl (C=O) groups excluding carboxylic acids is 1. The summed E-state index contributed by atoms with van der Waals surface area (Å²) in [4.78, 5) is 11.8. The fourth-order valence-electron chi connectivity index (χ4n) is 2.13. The third-order valence-electron chi connectivity index (χ3n) is 3.16. The van der Waals surface area contributed by atoms with Crippen LogP contribution in [0.3, 0.4) is 0 Å². The van der Waals surface area contributed by atoms with Gasteiger partial charge in [0.05, 0.1) is 22.7 Å². The van der Waals surface area contributed by atoms with Gasteiger partial charge in [0.1, 0.15) is 11.6 Å². The lowest BCUT2D eigenvalue weighted by Crippen LogP contribution is -2.28. The molecule has 0 aromatic heterocycles. The lowest BCUT2D eigenvalue weighted by Gasteiger charge is -2.13. The van der Waals surface area contributed by atoms with Gasteiger partial charge in [-0.05, 0) is 25.5 Å². The van der Waals surface area contributed by atoms with E-state index in [-0.39, 0.29) is 17.1 Å². The molecule has 2 rings (SSSR count). The number of benzene rings is 1. The second-order valence-electron chi connectivity index (χ2n) is 4.45. The highest BCUT2D eigenvalue weighted by atomic mass is 32.2. The van der Waals surface area contributed by atoms with E-state index in [2.05, 4.69) is 0 Å². The summed E-state index contributed by atoms with van der Waals surface area (Å²) >= 11 is 0. The first-order chi connectivity index (χ1) is 9.00. The number of Topliss-reactive ketones (excluding diaryl/α,β-unsaturated/α-hetero) is 1. The van der Waals surface area contributed by atoms with Gasteiger partial charge < -0.3 is 4.74 Å². The van der Waals surface area contributed by atoms with Crippen LogP contribution in [0, 0.1) is 11.6 Å². The Labute approximate surface area is 112 Å². The Morgan fingerprint density at radius 3 is 2.58 bits per heavy atom. The zero-order valence-corrected chi connectivity index (χ0v) is 11.2. The first-order valence-electron chi connectivity index (χ1n) is 5.96. The molecule has 0 amide bonds. The molecule has 0 spiro atoms. The maximum Gasteiger partial charge on any atom is 0.181 e. The Balaban J connectivity index is 2.11. The Hall–Kier alpha value is -1.14. The molecule has 1 aliphatic heterocycles. The van der Waals surface area contributed by atoms with Crippen molar-refractivity contribution in [3.05, 3.63) is 35.4 Å². The lowest BCUT2D eigenvalue weighted by atomic mass is 10.1. The molecule has 1 aromatic carbocycles. The van der Waals surface area contributed by atoms with Crippen molar-refractivity contribution in [2.45, 2.75) is 24.7 Å². The van der Waals surface area contributed by atoms with Crippen molar-refractivity contribution in [2.75, 3.05) is 12.4 Å². The van der Waals surface area contributed by atoms with Crippen LogP contribution < -0.4 is 0 Å². The molecule has 0 bridgehead atoms. The average Bonchev–Trinajstić information content (AvgIpc) is 2.75. The molecular weight excluding hydrogens is 274 g/mol. The Kier molecular flexibility index (Phi) is 4.42. The van der Waals surface area contributed by atoms with Crippen LogP contribution in [0.15, 0.2) is 18.2 Å². The molecule has 6 heteroatoms. The zero-order chi connectivity index (χ0) is 14.0. The second kappa shape index (κ2) is 5.88. The minimum Gasteiger partial charge on any atom is -0.377 e. The SMILES string of the molecule is CC1OCCC1S(=O)CC(=O)c1c(F)cccc1F. The van der Waals surface area contributed by atoms with E-state index >= 15 is 0 Å². The summed E-state index contributed by atoms with van der Waals surface area (Å²) in [6.45, 7) is 2.28. The van der Waals surface area contributed by atoms with E-state index < -0.39 is 33.8 Å². The minimum absolute atomic E-state index is 0.195. The van der Waals surface area contributed by atoms with E-state index in [0.717, 1.165) is 12.1 Å². The first-order valence-corrected chi connectivity index (χ1v) is 7.35. The Morgan fingerprint density at radius 2 is 2.05 bits per heavy atom. The predicted octanol–water partition coefficient (Wildman–Crippen LogP) is 2.07. The van der Waals surface area contributed by atoms with Crippen LogP contribution in [-0.2, 0) is 15.5 Å². The van der Waals surface area contributed by atoms with E-state index in [0.29, 0.717) is 13.0 Å². The van der Waals surface area contributed by atoms with Crippen LogP contribution in [-0.4, -0.2) is 33.7 Å². The smallest absolute Gasteiger partial charge is 0.181 e. The maximum absolute atomic E-state index is 13.4. The summed E-state index contributed by atoms with van der Waals surface area (Å²) in [6.07, 6.45) is 0.403. The van der Waals surface area contributed by atoms with Crippen LogP contribution in [0.5, 0.6) is 0 Å². The van der Waals surface area contributed by atoms with Gasteiger partial charge >= 0.3 is 0 Å². The third-order valence-corrected chi connectivity index (χ3v) is 5.00. The van der Waals surface area contributed by atoms with Gasteiger partial charge in [-0.1, -0.05) is 6.07 Å². The van der Waals surface area contributed by atoms with E-state index in [1.807, 2.05) is 0 Å². The molecule has 0 N–H and O–H groups in total. The summed E-state index contributed by atoms with van der Waals surface area (Å²) < 4.78 is 44.1. The number of ketones is 1. The van der Waals surface area contributed by atoms with Gasteiger partial charge in [0.15, 0.2) is 5.78 Å². The van der Waals surface area contributed by atoms with E-state index in [1.54, 1.807) is 6.92 Å². The number of ether oxygens (including phenoxy) is 1. The zero-order valence-electron chi connectivity index (χ0n) is 10.4. The molecular formula is C13H14F2O3S. The number of carbonyl (C=O) groups is 1. The summed E-state index contributed by atoms with van der Waals surface area (Å²) in [7, 11) is -1.48. The average molecular weight is 288 g/mol. The van der Waals surface area contributed by atoms with Crippen molar-refractivity contribution in [3.63, 3.8) is 0 Å². The maximum atomic E-state index is 13.4. The normalized spacial score (nSPS) is 24.4. The highest BCUT2D eigenvalue weighted by molar-refractivity contribution is 7.86. The number of hydrogen-bond donors (Lipinski definition) is 0. The third kappa shape index (κ3) is 3.06. The summed E-state index contributed by atoms with van der Waals surface area (Å²) in [6, 6.07) is 3.21. The van der Waals surface area contributed by atoms with Crippen LogP contribution in [0.4, 0.5) is 8.78 Å². The van der Waals surface area contributed by atoms with Gasteiger partial charge in [0.2, 0.25) is 0 Å². The van der Waals surface area contributed by atoms with Crippen LogP contribution in [0.25, 0.3) is 0 Å². The molecule has 19 heavy (non-hydrogen) atoms. The quantitative estimate of drug-likeness (QED) is 0.797. The van der Waals surface area contributed by atoms with Gasteiger partial charge in [-0.3, -0.25) is 9.00 Å². The molecule has 0 radical (unpaired) electrons. The van der Waals surface area contributed by atoms with Crippen LogP contribution in [0.2, 0.25) is 0 Å². The van der Waals surface area contributed by atoms with Crippen molar-refractivity contribution in [2.24, 2.45) is 0 Å². The highest BCUT2D eigenvalue weighted by Gasteiger charge is 2.31. The largest absolute Gasteiger partial charge is 0.377 e. The summed E-state index contributed by atoms with van der Waals surface area (Å²) in [5.41, 5.74) is -0.609. The van der Waals surface area contributed by atoms with E-state index in [4.69, 9.17) is 4.74 Å². The predicted molar refractivity (Wildman–Crippen MR) is 67.5 cm³/mol. The molecule has 0 aliphatic carbocycles. The van der Waals surface area contributed by atoms with E-state index in [1.165, 1.54) is 6.07 Å². The molecule has 1 aromatic rings. The molecule has 1 fully saturated rings. The molecule has 3 unspecified atom stereocenters. The second-order valence-corrected chi connectivity index (χ2v) is 6.10. The van der Waals surface area contributed by atoms with Gasteiger partial charge in [0.25, 0.3) is 0 Å².